The molecule has 0 radical (unpaired) electrons. The molecule has 0 N–H and O–H groups in total. The summed E-state index contributed by atoms with van der Waals surface area (Å²) >= 11 is 0. The predicted molar refractivity (Wildman–Crippen MR) is 74.2 cm³/mol. The fraction of sp³-hybridized carbons (Fsp3) is 1.00. The minimum Gasteiger partial charge on any atom is -0.171 e. The van der Waals surface area contributed by atoms with Crippen LogP contribution in [0.5, 0.6) is 0 Å². The molecular weight excluding hydrogens is 249 g/mol. The first kappa shape index (κ1) is 16.8. The van der Waals surface area contributed by atoms with E-state index in [1.807, 2.05) is 0 Å². The van der Waals surface area contributed by atoms with Gasteiger partial charge in [0.05, 0.1) is 5.41 Å². The van der Waals surface area contributed by atoms with Crippen LogP contribution in [-0.2, 0) is 0 Å². The van der Waals surface area contributed by atoms with Gasteiger partial charge in [-0.2, -0.15) is 13.2 Å². The molecule has 0 nitrogen and oxygen atoms in total. The third kappa shape index (κ3) is 5.35. The predicted octanol–water partition coefficient (Wildman–Crippen LogP) is 6.64. The Balaban J connectivity index is 2.63. The van der Waals surface area contributed by atoms with Crippen molar-refractivity contribution in [3.8, 4) is 0 Å². The molecule has 19 heavy (non-hydrogen) atoms. The number of hydrogen-bond donors (Lipinski definition) is 0. The van der Waals surface area contributed by atoms with Gasteiger partial charge >= 0.3 is 6.18 Å². The van der Waals surface area contributed by atoms with E-state index in [1.54, 1.807) is 6.92 Å². The molecule has 0 aliphatic heterocycles. The van der Waals surface area contributed by atoms with E-state index in [-0.39, 0.29) is 6.42 Å². The lowest BCUT2D eigenvalue weighted by Crippen LogP contribution is -2.37. The molecule has 0 aromatic heterocycles. The molecule has 0 aromatic rings. The van der Waals surface area contributed by atoms with Crippen molar-refractivity contribution in [1.29, 1.82) is 0 Å². The third-order valence-electron chi connectivity index (χ3n) is 4.84. The van der Waals surface area contributed by atoms with Crippen LogP contribution in [0, 0.1) is 5.41 Å². The largest absolute Gasteiger partial charge is 0.394 e. The van der Waals surface area contributed by atoms with Crippen LogP contribution in [0.3, 0.4) is 0 Å². The molecule has 1 aliphatic rings. The molecule has 1 saturated carbocycles. The first-order chi connectivity index (χ1) is 9.02. The molecule has 0 bridgehead atoms. The van der Waals surface area contributed by atoms with Crippen molar-refractivity contribution >= 4 is 0 Å². The fourth-order valence-corrected chi connectivity index (χ4v) is 3.30. The molecule has 0 amide bonds. The van der Waals surface area contributed by atoms with Gasteiger partial charge in [-0.3, -0.25) is 0 Å². The number of alkyl halides is 3. The van der Waals surface area contributed by atoms with Crippen molar-refractivity contribution in [2.75, 3.05) is 0 Å². The summed E-state index contributed by atoms with van der Waals surface area (Å²) in [6.45, 7) is 1.71. The third-order valence-corrected chi connectivity index (χ3v) is 4.84. The zero-order valence-corrected chi connectivity index (χ0v) is 12.3. The number of rotatable bonds is 1. The smallest absolute Gasteiger partial charge is 0.171 e. The Hall–Kier alpha value is -0.210. The average molecular weight is 278 g/mol. The Morgan fingerprint density at radius 2 is 1.00 bits per heavy atom. The maximum Gasteiger partial charge on any atom is 0.394 e. The van der Waals surface area contributed by atoms with E-state index >= 15 is 0 Å². The summed E-state index contributed by atoms with van der Waals surface area (Å²) in [6, 6.07) is 0. The lowest BCUT2D eigenvalue weighted by atomic mass is 9.75. The SMILES string of the molecule is CCC1(C(F)(F)F)CCCCCCCCCCCC1. The molecule has 0 spiro atoms. The highest BCUT2D eigenvalue weighted by atomic mass is 19.4. The summed E-state index contributed by atoms with van der Waals surface area (Å²) in [5.41, 5.74) is -1.40. The minimum absolute atomic E-state index is 0.247. The molecule has 114 valence electrons. The standard InChI is InChI=1S/C16H29F3/c1-2-15(16(17,18)19)13-11-9-7-5-3-4-6-8-10-12-14-15/h2-14H2,1H3. The van der Waals surface area contributed by atoms with Crippen LogP contribution in [0.2, 0.25) is 0 Å². The summed E-state index contributed by atoms with van der Waals surface area (Å²) < 4.78 is 40.2. The van der Waals surface area contributed by atoms with Crippen LogP contribution < -0.4 is 0 Å². The molecule has 3 heteroatoms. The highest BCUT2D eigenvalue weighted by Gasteiger charge is 2.51. The highest BCUT2D eigenvalue weighted by Crippen LogP contribution is 2.49. The van der Waals surface area contributed by atoms with Crippen LogP contribution in [0.25, 0.3) is 0 Å². The Labute approximate surface area is 116 Å². The lowest BCUT2D eigenvalue weighted by Gasteiger charge is -2.35. The molecule has 0 atom stereocenters. The zero-order valence-electron chi connectivity index (χ0n) is 12.3. The van der Waals surface area contributed by atoms with Gasteiger partial charge in [0.1, 0.15) is 0 Å². The zero-order chi connectivity index (χ0) is 14.2. The average Bonchev–Trinajstić information content (AvgIpc) is 2.37. The maximum atomic E-state index is 13.4. The van der Waals surface area contributed by atoms with Crippen LogP contribution in [-0.4, -0.2) is 6.18 Å². The summed E-state index contributed by atoms with van der Waals surface area (Å²) in [4.78, 5) is 0. The van der Waals surface area contributed by atoms with E-state index in [9.17, 15) is 13.2 Å². The van der Waals surface area contributed by atoms with E-state index in [2.05, 4.69) is 0 Å². The first-order valence-electron chi connectivity index (χ1n) is 8.08. The molecule has 0 unspecified atom stereocenters. The van der Waals surface area contributed by atoms with Gasteiger partial charge < -0.3 is 0 Å². The molecule has 0 aromatic carbocycles. The van der Waals surface area contributed by atoms with Crippen molar-refractivity contribution in [2.45, 2.75) is 96.6 Å². The van der Waals surface area contributed by atoms with Gasteiger partial charge in [-0.1, -0.05) is 71.1 Å². The van der Waals surface area contributed by atoms with Gasteiger partial charge in [0, 0.05) is 0 Å². The van der Waals surface area contributed by atoms with E-state index in [0.717, 1.165) is 38.5 Å². The van der Waals surface area contributed by atoms with Crippen molar-refractivity contribution in [2.24, 2.45) is 5.41 Å². The van der Waals surface area contributed by atoms with Crippen molar-refractivity contribution in [3.05, 3.63) is 0 Å². The minimum atomic E-state index is -4.03. The van der Waals surface area contributed by atoms with E-state index in [1.165, 1.54) is 25.7 Å². The second kappa shape index (κ2) is 8.16. The highest BCUT2D eigenvalue weighted by molar-refractivity contribution is 4.85. The molecule has 1 rings (SSSR count). The normalized spacial score (nSPS) is 24.0. The van der Waals surface area contributed by atoms with Crippen molar-refractivity contribution in [1.82, 2.24) is 0 Å². The quantitative estimate of drug-likeness (QED) is 0.504. The Morgan fingerprint density at radius 1 is 0.684 bits per heavy atom. The van der Waals surface area contributed by atoms with Crippen molar-refractivity contribution < 1.29 is 13.2 Å². The van der Waals surface area contributed by atoms with Gasteiger partial charge in [-0.05, 0) is 19.3 Å². The molecule has 1 fully saturated rings. The van der Waals surface area contributed by atoms with E-state index < -0.39 is 11.6 Å². The van der Waals surface area contributed by atoms with Crippen LogP contribution in [0.1, 0.15) is 90.4 Å². The molecule has 1 aliphatic carbocycles. The summed E-state index contributed by atoms with van der Waals surface area (Å²) in [5, 5.41) is 0. The second-order valence-corrected chi connectivity index (χ2v) is 6.17. The topological polar surface area (TPSA) is 0 Å². The molecule has 0 heterocycles. The Bertz CT molecular complexity index is 219. The summed E-state index contributed by atoms with van der Waals surface area (Å²) in [5.74, 6) is 0. The van der Waals surface area contributed by atoms with Crippen LogP contribution in [0.4, 0.5) is 13.2 Å². The van der Waals surface area contributed by atoms with Crippen LogP contribution >= 0.6 is 0 Å². The van der Waals surface area contributed by atoms with Gasteiger partial charge in [0.2, 0.25) is 0 Å². The second-order valence-electron chi connectivity index (χ2n) is 6.17. The fourth-order valence-electron chi connectivity index (χ4n) is 3.30. The Kier molecular flexibility index (Phi) is 7.23. The summed E-state index contributed by atoms with van der Waals surface area (Å²) in [6.07, 6.45) is 7.47. The van der Waals surface area contributed by atoms with Crippen molar-refractivity contribution in [3.63, 3.8) is 0 Å². The van der Waals surface area contributed by atoms with E-state index in [4.69, 9.17) is 0 Å². The van der Waals surface area contributed by atoms with Gasteiger partial charge in [-0.15, -0.1) is 0 Å². The maximum absolute atomic E-state index is 13.4. The van der Waals surface area contributed by atoms with Crippen LogP contribution in [0.15, 0.2) is 0 Å². The monoisotopic (exact) mass is 278 g/mol. The Morgan fingerprint density at radius 3 is 1.26 bits per heavy atom. The number of hydrogen-bond acceptors (Lipinski definition) is 0. The van der Waals surface area contributed by atoms with Gasteiger partial charge in [0.15, 0.2) is 0 Å². The lowest BCUT2D eigenvalue weighted by molar-refractivity contribution is -0.231. The number of halogens is 3. The summed E-state index contributed by atoms with van der Waals surface area (Å²) in [7, 11) is 0. The molecular formula is C16H29F3. The first-order valence-corrected chi connectivity index (χ1v) is 8.08. The van der Waals surface area contributed by atoms with E-state index in [0.29, 0.717) is 12.8 Å². The van der Waals surface area contributed by atoms with Gasteiger partial charge in [0.25, 0.3) is 0 Å². The van der Waals surface area contributed by atoms with Gasteiger partial charge in [-0.25, -0.2) is 0 Å². The molecule has 0 saturated heterocycles.